The van der Waals surface area contributed by atoms with Crippen molar-refractivity contribution < 1.29 is 17.6 Å². The van der Waals surface area contributed by atoms with Crippen LogP contribution in [-0.2, 0) is 16.3 Å². The first-order valence-electron chi connectivity index (χ1n) is 17.4. The number of likely N-dealkylation sites (tertiary alicyclic amines) is 2. The van der Waals surface area contributed by atoms with Crippen molar-refractivity contribution >= 4 is 26.6 Å². The van der Waals surface area contributed by atoms with Crippen LogP contribution in [-0.4, -0.2) is 101 Å². The number of aryl methyl sites for hydroxylation is 1. The monoisotopic (exact) mass is 665 g/mol. The van der Waals surface area contributed by atoms with E-state index in [0.717, 1.165) is 56.5 Å². The number of carbonyl (C=O) groups excluding carboxylic acids is 1. The third-order valence-electron chi connectivity index (χ3n) is 11.4. The second-order valence-electron chi connectivity index (χ2n) is 15.3. The summed E-state index contributed by atoms with van der Waals surface area (Å²) in [6, 6.07) is 5.62. The van der Waals surface area contributed by atoms with Crippen LogP contribution in [0.4, 0.5) is 4.39 Å². The highest BCUT2D eigenvalue weighted by Crippen LogP contribution is 2.42. The highest BCUT2D eigenvalue weighted by atomic mass is 32.2. The molecule has 4 heterocycles. The first-order valence-corrected chi connectivity index (χ1v) is 19.4. The molecule has 2 saturated heterocycles. The van der Waals surface area contributed by atoms with Crippen molar-refractivity contribution in [1.82, 2.24) is 24.3 Å². The molecule has 256 valence electrons. The van der Waals surface area contributed by atoms with E-state index < -0.39 is 15.7 Å². The van der Waals surface area contributed by atoms with Gasteiger partial charge in [-0.05, 0) is 113 Å². The molecule has 47 heavy (non-hydrogen) atoms. The number of sulfone groups is 1. The molecule has 1 unspecified atom stereocenters. The number of rotatable bonds is 10. The number of fused-ring (bicyclic) bond motifs is 1. The third kappa shape index (κ3) is 6.75. The first kappa shape index (κ1) is 34.1. The Morgan fingerprint density at radius 2 is 1.77 bits per heavy atom. The van der Waals surface area contributed by atoms with Crippen LogP contribution in [0.25, 0.3) is 16.6 Å². The molecule has 2 aliphatic heterocycles. The number of piperidine rings is 1. The fraction of sp³-hybridized carbons (Fsp3) is 0.622. The Morgan fingerprint density at radius 1 is 1.09 bits per heavy atom. The van der Waals surface area contributed by atoms with Crippen LogP contribution >= 0.6 is 0 Å². The smallest absolute Gasteiger partial charge is 0.256 e. The molecule has 1 amide bonds. The molecule has 1 aliphatic carbocycles. The Kier molecular flexibility index (Phi) is 9.59. The molecule has 2 aromatic heterocycles. The second-order valence-corrected chi connectivity index (χ2v) is 17.6. The van der Waals surface area contributed by atoms with E-state index in [0.29, 0.717) is 41.1 Å². The highest BCUT2D eigenvalue weighted by molar-refractivity contribution is 7.91. The summed E-state index contributed by atoms with van der Waals surface area (Å²) in [5, 5.41) is 0.997. The van der Waals surface area contributed by atoms with Gasteiger partial charge in [0.05, 0.1) is 28.2 Å². The number of hydrogen-bond donors (Lipinski definition) is 0. The van der Waals surface area contributed by atoms with Crippen LogP contribution in [0.5, 0.6) is 0 Å². The molecular weight excluding hydrogens is 614 g/mol. The van der Waals surface area contributed by atoms with Crippen LogP contribution in [0.2, 0.25) is 0 Å². The van der Waals surface area contributed by atoms with Crippen molar-refractivity contribution in [2.75, 3.05) is 39.5 Å². The molecule has 1 atom stereocenters. The van der Waals surface area contributed by atoms with Gasteiger partial charge in [-0.25, -0.2) is 12.8 Å². The molecule has 3 aromatic rings. The number of carbonyl (C=O) groups is 1. The maximum atomic E-state index is 14.5. The average Bonchev–Trinajstić information content (AvgIpc) is 3.34. The molecule has 1 saturated carbocycles. The minimum Gasteiger partial charge on any atom is -0.339 e. The quantitative estimate of drug-likeness (QED) is 0.275. The minimum atomic E-state index is -2.94. The van der Waals surface area contributed by atoms with Crippen molar-refractivity contribution in [3.05, 3.63) is 59.3 Å². The summed E-state index contributed by atoms with van der Waals surface area (Å²) in [6.45, 7) is 14.6. The molecule has 0 radical (unpaired) electrons. The van der Waals surface area contributed by atoms with Gasteiger partial charge in [0.15, 0.2) is 0 Å². The fourth-order valence-corrected chi connectivity index (χ4v) is 9.61. The SMILES string of the molecule is Cc1cncc2c1c(CC1CN(C(C(C)C)C3CC(N4CCC(S(C)(=O)=O)CC4)C3)C1)cn2-c1ccc(F)cc1C(=O)N(C)C(C)C. The Balaban J connectivity index is 1.15. The van der Waals surface area contributed by atoms with E-state index >= 15 is 0 Å². The highest BCUT2D eigenvalue weighted by Gasteiger charge is 2.45. The third-order valence-corrected chi connectivity index (χ3v) is 13.0. The van der Waals surface area contributed by atoms with Gasteiger partial charge < -0.3 is 14.4 Å². The van der Waals surface area contributed by atoms with Gasteiger partial charge in [0.1, 0.15) is 15.7 Å². The standard InChI is InChI=1S/C37H52FN5O3S/c1-23(2)36(27-15-30(16-27)41-12-10-31(11-13-41)47(7,45)46)42-20-26(21-42)14-28-22-43(34-19-39-18-25(5)35(28)34)33-9-8-29(38)17-32(33)37(44)40(6)24(3)4/h8-9,17-19,22-24,26-27,30-31,36H,10-16,20-21H2,1-7H3. The number of nitrogens with zero attached hydrogens (tertiary/aromatic N) is 5. The Hall–Kier alpha value is -2.82. The van der Waals surface area contributed by atoms with Crippen molar-refractivity contribution in [1.29, 1.82) is 0 Å². The summed E-state index contributed by atoms with van der Waals surface area (Å²) >= 11 is 0. The lowest BCUT2D eigenvalue weighted by Gasteiger charge is -2.55. The van der Waals surface area contributed by atoms with Gasteiger partial charge in [-0.3, -0.25) is 14.7 Å². The molecule has 0 spiro atoms. The molecule has 0 bridgehead atoms. The maximum Gasteiger partial charge on any atom is 0.256 e. The Bertz CT molecular complexity index is 1720. The van der Waals surface area contributed by atoms with Gasteiger partial charge in [0, 0.05) is 62.3 Å². The van der Waals surface area contributed by atoms with Gasteiger partial charge in [0.25, 0.3) is 5.91 Å². The summed E-state index contributed by atoms with van der Waals surface area (Å²) in [5.74, 6) is 1.16. The predicted molar refractivity (Wildman–Crippen MR) is 186 cm³/mol. The van der Waals surface area contributed by atoms with Gasteiger partial charge >= 0.3 is 0 Å². The van der Waals surface area contributed by atoms with Crippen molar-refractivity contribution in [2.24, 2.45) is 17.8 Å². The lowest BCUT2D eigenvalue weighted by atomic mass is 9.69. The van der Waals surface area contributed by atoms with Crippen LogP contribution in [0.1, 0.15) is 74.9 Å². The zero-order chi connectivity index (χ0) is 33.8. The van der Waals surface area contributed by atoms with E-state index in [1.54, 1.807) is 18.0 Å². The minimum absolute atomic E-state index is 0.0130. The number of aromatic nitrogens is 2. The second kappa shape index (κ2) is 13.2. The normalized spacial score (nSPS) is 22.5. The van der Waals surface area contributed by atoms with Crippen LogP contribution < -0.4 is 0 Å². The summed E-state index contributed by atoms with van der Waals surface area (Å²) in [6.07, 6.45) is 12.2. The molecular formula is C37H52FN5O3S. The predicted octanol–water partition coefficient (Wildman–Crippen LogP) is 5.74. The van der Waals surface area contributed by atoms with Gasteiger partial charge in [-0.2, -0.15) is 0 Å². The molecule has 6 rings (SSSR count). The van der Waals surface area contributed by atoms with E-state index in [2.05, 4.69) is 41.8 Å². The Labute approximate surface area is 280 Å². The van der Waals surface area contributed by atoms with Gasteiger partial charge in [-0.15, -0.1) is 0 Å². The molecule has 1 aromatic carbocycles. The number of pyridine rings is 1. The molecule has 3 fully saturated rings. The number of halogens is 1. The maximum absolute atomic E-state index is 14.5. The van der Waals surface area contributed by atoms with Crippen LogP contribution in [0.3, 0.4) is 0 Å². The van der Waals surface area contributed by atoms with Gasteiger partial charge in [0.2, 0.25) is 0 Å². The Morgan fingerprint density at radius 3 is 2.38 bits per heavy atom. The summed E-state index contributed by atoms with van der Waals surface area (Å²) in [7, 11) is -1.18. The lowest BCUT2D eigenvalue weighted by molar-refractivity contribution is -0.0482. The topological polar surface area (TPSA) is 78.8 Å². The number of benzene rings is 1. The van der Waals surface area contributed by atoms with E-state index in [9.17, 15) is 17.6 Å². The lowest BCUT2D eigenvalue weighted by Crippen LogP contribution is -2.61. The van der Waals surface area contributed by atoms with Crippen molar-refractivity contribution in [3.63, 3.8) is 0 Å². The zero-order valence-corrected chi connectivity index (χ0v) is 29.9. The molecule has 0 N–H and O–H groups in total. The van der Waals surface area contributed by atoms with Crippen molar-refractivity contribution in [3.8, 4) is 5.69 Å². The summed E-state index contributed by atoms with van der Waals surface area (Å²) in [4.78, 5) is 24.9. The average molecular weight is 666 g/mol. The van der Waals surface area contributed by atoms with Gasteiger partial charge in [-0.1, -0.05) is 13.8 Å². The number of hydrogen-bond acceptors (Lipinski definition) is 6. The van der Waals surface area contributed by atoms with Crippen LogP contribution in [0, 0.1) is 30.5 Å². The van der Waals surface area contributed by atoms with E-state index in [4.69, 9.17) is 0 Å². The summed E-state index contributed by atoms with van der Waals surface area (Å²) in [5.41, 5.74) is 4.29. The first-order chi connectivity index (χ1) is 22.2. The number of amides is 1. The molecule has 3 aliphatic rings. The molecule has 8 nitrogen and oxygen atoms in total. The van der Waals surface area contributed by atoms with E-state index in [1.165, 1.54) is 42.2 Å². The van der Waals surface area contributed by atoms with E-state index in [-0.39, 0.29) is 17.2 Å². The zero-order valence-electron chi connectivity index (χ0n) is 29.1. The van der Waals surface area contributed by atoms with E-state index in [1.807, 2.05) is 30.8 Å². The van der Waals surface area contributed by atoms with Crippen LogP contribution in [0.15, 0.2) is 36.8 Å². The summed E-state index contributed by atoms with van der Waals surface area (Å²) < 4.78 is 40.5. The largest absolute Gasteiger partial charge is 0.339 e. The van der Waals surface area contributed by atoms with Crippen molar-refractivity contribution in [2.45, 2.75) is 90.1 Å². The fourth-order valence-electron chi connectivity index (χ4n) is 8.54. The molecule has 10 heteroatoms.